The highest BCUT2D eigenvalue weighted by Gasteiger charge is 2.27. The number of amides is 1. The quantitative estimate of drug-likeness (QED) is 0.795. The number of carbonyl (C=O) groups excluding carboxylic acids is 1. The van der Waals surface area contributed by atoms with E-state index in [1.165, 1.54) is 5.56 Å². The summed E-state index contributed by atoms with van der Waals surface area (Å²) < 4.78 is 0. The molecule has 3 rings (SSSR count). The number of carbonyl (C=O) groups is 2. The first-order chi connectivity index (χ1) is 10.1. The van der Waals surface area contributed by atoms with Crippen LogP contribution in [-0.4, -0.2) is 29.6 Å². The second kappa shape index (κ2) is 5.76. The Balaban J connectivity index is 1.58. The van der Waals surface area contributed by atoms with Crippen molar-refractivity contribution < 1.29 is 14.7 Å². The van der Waals surface area contributed by atoms with Crippen LogP contribution in [0.25, 0.3) is 0 Å². The van der Waals surface area contributed by atoms with E-state index in [1.807, 2.05) is 18.2 Å². The molecular formula is C16H20N2O3. The number of nitrogens with one attached hydrogen (secondary N) is 2. The van der Waals surface area contributed by atoms with Crippen molar-refractivity contribution in [1.82, 2.24) is 5.32 Å². The van der Waals surface area contributed by atoms with Crippen molar-refractivity contribution >= 4 is 17.6 Å². The molecule has 0 aromatic heterocycles. The Labute approximate surface area is 123 Å². The summed E-state index contributed by atoms with van der Waals surface area (Å²) in [4.78, 5) is 23.2. The summed E-state index contributed by atoms with van der Waals surface area (Å²) >= 11 is 0. The smallest absolute Gasteiger partial charge is 0.306 e. The van der Waals surface area contributed by atoms with Gasteiger partial charge in [0.15, 0.2) is 0 Å². The molecule has 1 aromatic rings. The lowest BCUT2D eigenvalue weighted by molar-refractivity contribution is -0.142. The lowest BCUT2D eigenvalue weighted by atomic mass is 9.86. The van der Waals surface area contributed by atoms with E-state index in [0.29, 0.717) is 18.4 Å². The molecule has 5 heteroatoms. The molecule has 0 unspecified atom stereocenters. The van der Waals surface area contributed by atoms with Crippen LogP contribution in [0.5, 0.6) is 0 Å². The van der Waals surface area contributed by atoms with Gasteiger partial charge in [-0.25, -0.2) is 0 Å². The lowest BCUT2D eigenvalue weighted by Crippen LogP contribution is -2.38. The fourth-order valence-electron chi connectivity index (χ4n) is 3.20. The van der Waals surface area contributed by atoms with E-state index >= 15 is 0 Å². The van der Waals surface area contributed by atoms with Crippen LogP contribution in [0.3, 0.4) is 0 Å². The predicted octanol–water partition coefficient (Wildman–Crippen LogP) is 2.03. The Bertz CT molecular complexity index is 563. The van der Waals surface area contributed by atoms with E-state index in [9.17, 15) is 9.59 Å². The van der Waals surface area contributed by atoms with Gasteiger partial charge in [0.05, 0.1) is 5.92 Å². The molecule has 2 aliphatic rings. The summed E-state index contributed by atoms with van der Waals surface area (Å²) in [6.45, 7) is 0.930. The van der Waals surface area contributed by atoms with Gasteiger partial charge in [0, 0.05) is 23.8 Å². The Kier molecular flexibility index (Phi) is 3.82. The molecule has 0 spiro atoms. The Morgan fingerprint density at radius 3 is 2.67 bits per heavy atom. The third-order valence-electron chi connectivity index (χ3n) is 4.49. The number of fused-ring (bicyclic) bond motifs is 1. The Morgan fingerprint density at radius 2 is 1.95 bits per heavy atom. The van der Waals surface area contributed by atoms with Crippen LogP contribution >= 0.6 is 0 Å². The third kappa shape index (κ3) is 3.01. The molecule has 1 aromatic carbocycles. The van der Waals surface area contributed by atoms with Crippen LogP contribution in [0.2, 0.25) is 0 Å². The van der Waals surface area contributed by atoms with Gasteiger partial charge in [0.1, 0.15) is 0 Å². The first-order valence-corrected chi connectivity index (χ1v) is 7.54. The Hall–Kier alpha value is -2.04. The van der Waals surface area contributed by atoms with E-state index in [4.69, 9.17) is 5.11 Å². The number of carboxylic acid groups (broad SMARTS) is 1. The number of aliphatic carboxylic acids is 1. The van der Waals surface area contributed by atoms with Gasteiger partial charge >= 0.3 is 5.97 Å². The monoisotopic (exact) mass is 288 g/mol. The molecule has 5 nitrogen and oxygen atoms in total. The topological polar surface area (TPSA) is 78.4 Å². The average Bonchev–Trinajstić information content (AvgIpc) is 2.95. The van der Waals surface area contributed by atoms with Crippen LogP contribution in [-0.2, 0) is 11.2 Å². The number of rotatable bonds is 3. The fourth-order valence-corrected chi connectivity index (χ4v) is 3.20. The normalized spacial score (nSPS) is 24.0. The first-order valence-electron chi connectivity index (χ1n) is 7.54. The maximum atomic E-state index is 12.3. The van der Waals surface area contributed by atoms with Crippen molar-refractivity contribution in [2.24, 2.45) is 5.92 Å². The van der Waals surface area contributed by atoms with Gasteiger partial charge in [-0.1, -0.05) is 0 Å². The van der Waals surface area contributed by atoms with Crippen molar-refractivity contribution in [1.29, 1.82) is 0 Å². The molecule has 112 valence electrons. The number of benzene rings is 1. The summed E-state index contributed by atoms with van der Waals surface area (Å²) in [5.74, 6) is -1.02. The van der Waals surface area contributed by atoms with Gasteiger partial charge in [0.2, 0.25) is 0 Å². The van der Waals surface area contributed by atoms with Gasteiger partial charge in [-0.2, -0.15) is 0 Å². The zero-order valence-electron chi connectivity index (χ0n) is 11.9. The highest BCUT2D eigenvalue weighted by Crippen LogP contribution is 2.26. The van der Waals surface area contributed by atoms with E-state index in [2.05, 4.69) is 10.6 Å². The summed E-state index contributed by atoms with van der Waals surface area (Å²) in [5.41, 5.74) is 3.00. The van der Waals surface area contributed by atoms with Crippen LogP contribution in [0.15, 0.2) is 18.2 Å². The van der Waals surface area contributed by atoms with Crippen molar-refractivity contribution in [3.8, 4) is 0 Å². The van der Waals surface area contributed by atoms with E-state index < -0.39 is 5.97 Å². The molecule has 1 heterocycles. The fraction of sp³-hybridized carbons (Fsp3) is 0.500. The maximum Gasteiger partial charge on any atom is 0.306 e. The van der Waals surface area contributed by atoms with Gasteiger partial charge in [-0.15, -0.1) is 0 Å². The number of hydrogen-bond donors (Lipinski definition) is 3. The minimum Gasteiger partial charge on any atom is -0.481 e. The third-order valence-corrected chi connectivity index (χ3v) is 4.49. The first kappa shape index (κ1) is 13.9. The van der Waals surface area contributed by atoms with Gasteiger partial charge < -0.3 is 15.7 Å². The van der Waals surface area contributed by atoms with Gasteiger partial charge in [-0.05, 0) is 55.9 Å². The second-order valence-electron chi connectivity index (χ2n) is 5.91. The minimum atomic E-state index is -0.717. The van der Waals surface area contributed by atoms with Crippen LogP contribution in [0.4, 0.5) is 5.69 Å². The minimum absolute atomic E-state index is 0.0523. The van der Waals surface area contributed by atoms with Crippen LogP contribution in [0.1, 0.15) is 41.6 Å². The van der Waals surface area contributed by atoms with E-state index in [0.717, 1.165) is 31.5 Å². The standard InChI is InChI=1S/C16H20N2O3/c19-15(12-3-6-14-11(9-12)7-8-17-14)18-13-4-1-10(2-5-13)16(20)21/h3,6,9-10,13,17H,1-2,4-5,7-8H2,(H,18,19)(H,20,21). The molecule has 1 aliphatic carbocycles. The molecule has 1 amide bonds. The highest BCUT2D eigenvalue weighted by atomic mass is 16.4. The molecule has 1 fully saturated rings. The number of hydrogen-bond acceptors (Lipinski definition) is 3. The number of anilines is 1. The SMILES string of the molecule is O=C(NC1CCC(C(=O)O)CC1)c1ccc2c(c1)CCN2. The molecule has 1 saturated carbocycles. The van der Waals surface area contributed by atoms with Crippen molar-refractivity contribution in [3.63, 3.8) is 0 Å². The summed E-state index contributed by atoms with van der Waals surface area (Å²) in [7, 11) is 0. The molecule has 0 atom stereocenters. The zero-order chi connectivity index (χ0) is 14.8. The predicted molar refractivity (Wildman–Crippen MR) is 79.5 cm³/mol. The summed E-state index contributed by atoms with van der Waals surface area (Å²) in [6, 6.07) is 5.85. The lowest BCUT2D eigenvalue weighted by Gasteiger charge is -2.26. The van der Waals surface area contributed by atoms with Crippen molar-refractivity contribution in [2.45, 2.75) is 38.1 Å². The average molecular weight is 288 g/mol. The molecule has 3 N–H and O–H groups in total. The van der Waals surface area contributed by atoms with Crippen molar-refractivity contribution in [3.05, 3.63) is 29.3 Å². The molecule has 0 saturated heterocycles. The molecule has 0 radical (unpaired) electrons. The Morgan fingerprint density at radius 1 is 1.19 bits per heavy atom. The van der Waals surface area contributed by atoms with Crippen molar-refractivity contribution in [2.75, 3.05) is 11.9 Å². The molecular weight excluding hydrogens is 268 g/mol. The largest absolute Gasteiger partial charge is 0.481 e. The zero-order valence-corrected chi connectivity index (χ0v) is 11.9. The van der Waals surface area contributed by atoms with Crippen LogP contribution in [0, 0.1) is 5.92 Å². The van der Waals surface area contributed by atoms with E-state index in [1.54, 1.807) is 0 Å². The van der Waals surface area contributed by atoms with Gasteiger partial charge in [-0.3, -0.25) is 9.59 Å². The van der Waals surface area contributed by atoms with Crippen LogP contribution < -0.4 is 10.6 Å². The number of carboxylic acids is 1. The summed E-state index contributed by atoms with van der Waals surface area (Å²) in [6.07, 6.45) is 3.74. The molecule has 1 aliphatic heterocycles. The van der Waals surface area contributed by atoms with E-state index in [-0.39, 0.29) is 17.9 Å². The molecule has 21 heavy (non-hydrogen) atoms. The highest BCUT2D eigenvalue weighted by molar-refractivity contribution is 5.95. The molecule has 0 bridgehead atoms. The second-order valence-corrected chi connectivity index (χ2v) is 5.91. The summed E-state index contributed by atoms with van der Waals surface area (Å²) in [5, 5.41) is 15.3. The maximum absolute atomic E-state index is 12.3. The van der Waals surface area contributed by atoms with Gasteiger partial charge in [0.25, 0.3) is 5.91 Å².